The second-order valence-corrected chi connectivity index (χ2v) is 6.81. The number of nitrogens with zero attached hydrogens (tertiary/aromatic N) is 1. The summed E-state index contributed by atoms with van der Waals surface area (Å²) < 4.78 is 11.8. The summed E-state index contributed by atoms with van der Waals surface area (Å²) in [6.45, 7) is 6.28. The van der Waals surface area contributed by atoms with E-state index in [2.05, 4.69) is 26.0 Å². The van der Waals surface area contributed by atoms with Crippen molar-refractivity contribution in [1.29, 1.82) is 0 Å². The van der Waals surface area contributed by atoms with Gasteiger partial charge >= 0.3 is 0 Å². The van der Waals surface area contributed by atoms with Crippen LogP contribution >= 0.6 is 0 Å². The Labute approximate surface area is 167 Å². The van der Waals surface area contributed by atoms with Crippen LogP contribution in [-0.2, 0) is 0 Å². The predicted molar refractivity (Wildman–Crippen MR) is 116 cm³/mol. The fourth-order valence-electron chi connectivity index (χ4n) is 2.55. The van der Waals surface area contributed by atoms with Crippen molar-refractivity contribution in [3.63, 3.8) is 0 Å². The number of ether oxygens (including phenoxy) is 2. The third-order valence-corrected chi connectivity index (χ3v) is 4.20. The fourth-order valence-corrected chi connectivity index (χ4v) is 2.55. The second kappa shape index (κ2) is 9.56. The van der Waals surface area contributed by atoms with Gasteiger partial charge in [-0.3, -0.25) is 0 Å². The monoisotopic (exact) mass is 371 g/mol. The van der Waals surface area contributed by atoms with Gasteiger partial charge in [0.05, 0.1) is 11.9 Å². The van der Waals surface area contributed by atoms with Gasteiger partial charge in [-0.25, -0.2) is 4.99 Å². The molecule has 3 aromatic carbocycles. The van der Waals surface area contributed by atoms with E-state index in [1.807, 2.05) is 79.7 Å². The molecule has 0 saturated heterocycles. The van der Waals surface area contributed by atoms with Crippen LogP contribution in [0.5, 0.6) is 11.5 Å². The van der Waals surface area contributed by atoms with Gasteiger partial charge in [-0.2, -0.15) is 0 Å². The maximum absolute atomic E-state index is 6.05. The number of aliphatic imine (C=N–C) groups is 1. The Bertz CT molecular complexity index is 927. The van der Waals surface area contributed by atoms with E-state index >= 15 is 0 Å². The smallest absolute Gasteiger partial charge is 0.225 e. The third-order valence-electron chi connectivity index (χ3n) is 4.20. The third kappa shape index (κ3) is 5.58. The summed E-state index contributed by atoms with van der Waals surface area (Å²) in [4.78, 5) is 4.71. The normalized spacial score (nSPS) is 12.1. The minimum Gasteiger partial charge on any atom is -0.465 e. The van der Waals surface area contributed by atoms with Crippen molar-refractivity contribution in [3.05, 3.63) is 102 Å². The lowest BCUT2D eigenvalue weighted by Crippen LogP contribution is -2.10. The van der Waals surface area contributed by atoms with Crippen molar-refractivity contribution in [3.8, 4) is 11.5 Å². The average molecular weight is 371 g/mol. The van der Waals surface area contributed by atoms with Crippen molar-refractivity contribution < 1.29 is 9.47 Å². The van der Waals surface area contributed by atoms with E-state index in [4.69, 9.17) is 14.5 Å². The van der Waals surface area contributed by atoms with Crippen LogP contribution in [0.1, 0.15) is 32.3 Å². The molecular formula is C25H25NO2. The molecule has 3 aromatic rings. The summed E-state index contributed by atoms with van der Waals surface area (Å²) in [6, 6.07) is 27.5. The summed E-state index contributed by atoms with van der Waals surface area (Å²) >= 11 is 0. The van der Waals surface area contributed by atoms with E-state index in [-0.39, 0.29) is 0 Å². The molecule has 0 aliphatic heterocycles. The number of benzene rings is 3. The maximum atomic E-state index is 6.05. The Balaban J connectivity index is 1.87. The minimum absolute atomic E-state index is 0.485. The van der Waals surface area contributed by atoms with E-state index in [9.17, 15) is 0 Å². The summed E-state index contributed by atoms with van der Waals surface area (Å²) in [5.41, 5.74) is 2.91. The van der Waals surface area contributed by atoms with Crippen molar-refractivity contribution in [2.24, 2.45) is 4.99 Å². The highest BCUT2D eigenvalue weighted by Crippen LogP contribution is 2.21. The molecule has 0 aliphatic rings. The van der Waals surface area contributed by atoms with Crippen LogP contribution in [0.25, 0.3) is 0 Å². The Kier molecular flexibility index (Phi) is 6.64. The highest BCUT2D eigenvalue weighted by Gasteiger charge is 2.08. The minimum atomic E-state index is 0.485. The van der Waals surface area contributed by atoms with Crippen molar-refractivity contribution in [2.45, 2.75) is 26.7 Å². The number of hydrogen-bond acceptors (Lipinski definition) is 3. The van der Waals surface area contributed by atoms with Gasteiger partial charge in [0.25, 0.3) is 0 Å². The van der Waals surface area contributed by atoms with Crippen LogP contribution in [0.2, 0.25) is 0 Å². The van der Waals surface area contributed by atoms with Crippen LogP contribution in [-0.4, -0.2) is 5.90 Å². The van der Waals surface area contributed by atoms with Gasteiger partial charge in [0.1, 0.15) is 11.5 Å². The van der Waals surface area contributed by atoms with E-state index in [1.165, 1.54) is 5.56 Å². The zero-order valence-electron chi connectivity index (χ0n) is 16.5. The highest BCUT2D eigenvalue weighted by molar-refractivity contribution is 5.96. The number of hydrogen-bond donors (Lipinski definition) is 0. The van der Waals surface area contributed by atoms with Crippen LogP contribution in [0.15, 0.2) is 102 Å². The molecular weight excluding hydrogens is 346 g/mol. The molecule has 0 atom stereocenters. The Hall–Kier alpha value is -3.33. The molecule has 3 nitrogen and oxygen atoms in total. The van der Waals surface area contributed by atoms with Crippen LogP contribution < -0.4 is 9.47 Å². The van der Waals surface area contributed by atoms with Gasteiger partial charge in [0, 0.05) is 5.57 Å². The first-order valence-corrected chi connectivity index (χ1v) is 9.42. The summed E-state index contributed by atoms with van der Waals surface area (Å²) in [5, 5.41) is 0. The molecule has 0 bridgehead atoms. The molecule has 0 unspecified atom stereocenters. The molecule has 3 heteroatoms. The van der Waals surface area contributed by atoms with Crippen molar-refractivity contribution >= 4 is 11.6 Å². The van der Waals surface area contributed by atoms with E-state index < -0.39 is 0 Å². The molecule has 0 fully saturated rings. The van der Waals surface area contributed by atoms with Crippen LogP contribution in [0.3, 0.4) is 0 Å². The molecule has 3 rings (SSSR count). The Morgan fingerprint density at radius 3 is 1.93 bits per heavy atom. The first kappa shape index (κ1) is 19.4. The van der Waals surface area contributed by atoms with Gasteiger partial charge < -0.3 is 9.47 Å². The largest absolute Gasteiger partial charge is 0.465 e. The molecule has 0 radical (unpaired) electrons. The van der Waals surface area contributed by atoms with E-state index in [0.29, 0.717) is 11.8 Å². The lowest BCUT2D eigenvalue weighted by atomic mass is 10.0. The molecule has 0 amide bonds. The van der Waals surface area contributed by atoms with Gasteiger partial charge in [0.15, 0.2) is 0 Å². The molecule has 0 spiro atoms. The SMILES string of the molecule is CC(=C\Oc1ccccc1)/C(=N\c1ccc(C(C)C)cc1)Oc1ccccc1. The maximum Gasteiger partial charge on any atom is 0.225 e. The molecule has 0 N–H and O–H groups in total. The number of para-hydroxylation sites is 2. The van der Waals surface area contributed by atoms with Crippen molar-refractivity contribution in [2.75, 3.05) is 0 Å². The first-order chi connectivity index (χ1) is 13.6. The summed E-state index contributed by atoms with van der Waals surface area (Å²) in [6.07, 6.45) is 1.67. The van der Waals surface area contributed by atoms with Gasteiger partial charge in [-0.15, -0.1) is 0 Å². The Morgan fingerprint density at radius 2 is 1.36 bits per heavy atom. The quantitative estimate of drug-likeness (QED) is 0.268. The molecule has 142 valence electrons. The second-order valence-electron chi connectivity index (χ2n) is 6.81. The lowest BCUT2D eigenvalue weighted by Gasteiger charge is -2.11. The zero-order chi connectivity index (χ0) is 19.8. The topological polar surface area (TPSA) is 30.8 Å². The zero-order valence-corrected chi connectivity index (χ0v) is 16.5. The lowest BCUT2D eigenvalue weighted by molar-refractivity contribution is 0.473. The number of rotatable bonds is 6. The molecule has 0 aliphatic carbocycles. The molecule has 0 heterocycles. The van der Waals surface area contributed by atoms with Crippen molar-refractivity contribution in [1.82, 2.24) is 0 Å². The summed E-state index contributed by atoms with van der Waals surface area (Å²) in [5.74, 6) is 2.48. The van der Waals surface area contributed by atoms with Crippen LogP contribution in [0.4, 0.5) is 5.69 Å². The van der Waals surface area contributed by atoms with Gasteiger partial charge in [0.2, 0.25) is 5.90 Å². The fraction of sp³-hybridized carbons (Fsp3) is 0.160. The molecule has 28 heavy (non-hydrogen) atoms. The Morgan fingerprint density at radius 1 is 0.786 bits per heavy atom. The predicted octanol–water partition coefficient (Wildman–Crippen LogP) is 6.90. The van der Waals surface area contributed by atoms with E-state index in [0.717, 1.165) is 22.8 Å². The van der Waals surface area contributed by atoms with E-state index in [1.54, 1.807) is 6.26 Å². The van der Waals surface area contributed by atoms with Crippen LogP contribution in [0, 0.1) is 0 Å². The average Bonchev–Trinajstić information content (AvgIpc) is 2.73. The standard InChI is InChI=1S/C25H25NO2/c1-19(2)21-14-16-22(17-15-21)26-25(28-24-12-8-5-9-13-24)20(3)18-27-23-10-6-4-7-11-23/h4-19H,1-3H3/b20-18+,26-25+. The highest BCUT2D eigenvalue weighted by atomic mass is 16.5. The molecule has 0 aromatic heterocycles. The van der Waals surface area contributed by atoms with Gasteiger partial charge in [-0.1, -0.05) is 62.4 Å². The first-order valence-electron chi connectivity index (χ1n) is 9.42. The summed E-state index contributed by atoms with van der Waals surface area (Å²) in [7, 11) is 0. The van der Waals surface area contributed by atoms with Gasteiger partial charge in [-0.05, 0) is 54.8 Å². The molecule has 0 saturated carbocycles.